The van der Waals surface area contributed by atoms with Gasteiger partial charge in [0.2, 0.25) is 0 Å². The minimum absolute atomic E-state index is 0.428. The van der Waals surface area contributed by atoms with Gasteiger partial charge in [0.1, 0.15) is 28.7 Å². The molecule has 5 aromatic rings. The lowest BCUT2D eigenvalue weighted by Gasteiger charge is -2.44. The molecule has 1 saturated carbocycles. The molecule has 8 heteroatoms. The van der Waals surface area contributed by atoms with Crippen molar-refractivity contribution in [3.8, 4) is 22.6 Å². The highest BCUT2D eigenvalue weighted by molar-refractivity contribution is 5.90. The van der Waals surface area contributed by atoms with Gasteiger partial charge >= 0.3 is 0 Å². The lowest BCUT2D eigenvalue weighted by molar-refractivity contribution is 0.0928. The maximum Gasteiger partial charge on any atom is 0.150 e. The molecule has 0 radical (unpaired) electrons. The highest BCUT2D eigenvalue weighted by atomic mass is 15.2. The quantitative estimate of drug-likeness (QED) is 0.375. The van der Waals surface area contributed by atoms with Crippen molar-refractivity contribution >= 4 is 22.4 Å². The first-order valence-electron chi connectivity index (χ1n) is 12.4. The van der Waals surface area contributed by atoms with Crippen molar-refractivity contribution in [2.45, 2.75) is 24.8 Å². The topological polar surface area (TPSA) is 100 Å². The summed E-state index contributed by atoms with van der Waals surface area (Å²) in [7, 11) is 0. The molecule has 0 spiro atoms. The maximum atomic E-state index is 6.40. The van der Waals surface area contributed by atoms with Gasteiger partial charge in [-0.2, -0.15) is 0 Å². The number of H-pyrrole nitrogens is 1. The Morgan fingerprint density at radius 2 is 1.77 bits per heavy atom. The number of aromatic nitrogens is 5. The Morgan fingerprint density at radius 3 is 2.60 bits per heavy atom. The van der Waals surface area contributed by atoms with Crippen molar-refractivity contribution in [2.24, 2.45) is 0 Å². The number of imidazole rings is 2. The summed E-state index contributed by atoms with van der Waals surface area (Å²) in [5, 5.41) is 3.45. The fourth-order valence-corrected chi connectivity index (χ4v) is 5.61. The smallest absolute Gasteiger partial charge is 0.150 e. The Hall–Kier alpha value is -3.75. The van der Waals surface area contributed by atoms with Crippen molar-refractivity contribution in [3.05, 3.63) is 66.7 Å². The molecular formula is C27H28N8. The molecule has 8 nitrogen and oxygen atoms in total. The van der Waals surface area contributed by atoms with Crippen LogP contribution >= 0.6 is 0 Å². The molecule has 7 rings (SSSR count). The predicted octanol–water partition coefficient (Wildman–Crippen LogP) is 3.67. The van der Waals surface area contributed by atoms with Crippen molar-refractivity contribution in [3.63, 3.8) is 0 Å². The van der Waals surface area contributed by atoms with Crippen molar-refractivity contribution in [2.75, 3.05) is 31.9 Å². The Bertz CT molecular complexity index is 1510. The van der Waals surface area contributed by atoms with Crippen LogP contribution in [0.4, 0.5) is 5.82 Å². The highest BCUT2D eigenvalue weighted by Gasteiger charge is 2.37. The Balaban J connectivity index is 1.25. The molecule has 0 amide bonds. The first-order valence-corrected chi connectivity index (χ1v) is 12.4. The minimum Gasteiger partial charge on any atom is -0.382 e. The SMILES string of the molecule is Nc1nccn2c1c(-c1ccc3[nH]c(-c4ccccc4)nc3c1)nc2[C@H]1C[C@@H](N2CCNCC2)C1. The highest BCUT2D eigenvalue weighted by Crippen LogP contribution is 2.42. The normalized spacial score (nSPS) is 20.9. The van der Waals surface area contributed by atoms with Crippen LogP contribution in [0.2, 0.25) is 0 Å². The Morgan fingerprint density at radius 1 is 0.943 bits per heavy atom. The van der Waals surface area contributed by atoms with Gasteiger partial charge in [-0.15, -0.1) is 0 Å². The van der Waals surface area contributed by atoms with Crippen molar-refractivity contribution in [1.29, 1.82) is 0 Å². The van der Waals surface area contributed by atoms with E-state index in [1.807, 2.05) is 24.4 Å². The molecule has 176 valence electrons. The molecule has 1 aliphatic heterocycles. The second-order valence-electron chi connectivity index (χ2n) is 9.64. The van der Waals surface area contributed by atoms with Gasteiger partial charge in [-0.25, -0.2) is 15.0 Å². The number of hydrogen-bond acceptors (Lipinski definition) is 6. The van der Waals surface area contributed by atoms with E-state index in [-0.39, 0.29) is 0 Å². The second-order valence-corrected chi connectivity index (χ2v) is 9.64. The van der Waals surface area contributed by atoms with Crippen LogP contribution in [0.3, 0.4) is 0 Å². The van der Waals surface area contributed by atoms with Crippen LogP contribution in [0.15, 0.2) is 60.9 Å². The van der Waals surface area contributed by atoms with E-state index in [4.69, 9.17) is 15.7 Å². The zero-order valence-corrected chi connectivity index (χ0v) is 19.5. The van der Waals surface area contributed by atoms with E-state index >= 15 is 0 Å². The number of aromatic amines is 1. The summed E-state index contributed by atoms with van der Waals surface area (Å²) in [5.41, 5.74) is 12.1. The van der Waals surface area contributed by atoms with E-state index in [0.29, 0.717) is 17.8 Å². The van der Waals surface area contributed by atoms with E-state index in [2.05, 4.69) is 54.9 Å². The third kappa shape index (κ3) is 3.48. The van der Waals surface area contributed by atoms with Crippen LogP contribution in [0.5, 0.6) is 0 Å². The van der Waals surface area contributed by atoms with Gasteiger partial charge in [-0.3, -0.25) is 9.30 Å². The zero-order chi connectivity index (χ0) is 23.4. The fraction of sp³-hybridized carbons (Fsp3) is 0.296. The molecule has 4 heterocycles. The van der Waals surface area contributed by atoms with E-state index in [1.54, 1.807) is 6.20 Å². The first-order chi connectivity index (χ1) is 17.2. The van der Waals surface area contributed by atoms with Crippen LogP contribution in [-0.4, -0.2) is 61.5 Å². The number of rotatable bonds is 4. The van der Waals surface area contributed by atoms with Crippen LogP contribution < -0.4 is 11.1 Å². The molecule has 0 unspecified atom stereocenters. The summed E-state index contributed by atoms with van der Waals surface area (Å²) in [6.45, 7) is 4.44. The first kappa shape index (κ1) is 20.6. The number of nitrogens with one attached hydrogen (secondary N) is 2. The maximum absolute atomic E-state index is 6.40. The van der Waals surface area contributed by atoms with Gasteiger partial charge < -0.3 is 16.0 Å². The fourth-order valence-electron chi connectivity index (χ4n) is 5.61. The molecule has 0 bridgehead atoms. The summed E-state index contributed by atoms with van der Waals surface area (Å²) in [6, 6.07) is 17.1. The molecule has 2 aromatic carbocycles. The van der Waals surface area contributed by atoms with E-state index < -0.39 is 0 Å². The third-order valence-corrected chi connectivity index (χ3v) is 7.56. The lowest BCUT2D eigenvalue weighted by Crippen LogP contribution is -2.52. The molecule has 2 fully saturated rings. The Labute approximate surface area is 203 Å². The molecule has 0 atom stereocenters. The molecule has 4 N–H and O–H groups in total. The average molecular weight is 465 g/mol. The van der Waals surface area contributed by atoms with Gasteiger partial charge in [0.15, 0.2) is 0 Å². The molecule has 1 saturated heterocycles. The second kappa shape index (κ2) is 8.18. The van der Waals surface area contributed by atoms with E-state index in [9.17, 15) is 0 Å². The Kier molecular flexibility index (Phi) is 4.82. The molecule has 35 heavy (non-hydrogen) atoms. The van der Waals surface area contributed by atoms with Crippen LogP contribution in [-0.2, 0) is 0 Å². The number of piperazine rings is 1. The predicted molar refractivity (Wildman–Crippen MR) is 138 cm³/mol. The summed E-state index contributed by atoms with van der Waals surface area (Å²) in [4.78, 5) is 20.5. The minimum atomic E-state index is 0.428. The van der Waals surface area contributed by atoms with Gasteiger partial charge in [0.25, 0.3) is 0 Å². The van der Waals surface area contributed by atoms with Crippen LogP contribution in [0.1, 0.15) is 24.6 Å². The average Bonchev–Trinajstić information content (AvgIpc) is 3.47. The van der Waals surface area contributed by atoms with Gasteiger partial charge in [-0.05, 0) is 25.0 Å². The van der Waals surface area contributed by atoms with Crippen molar-refractivity contribution < 1.29 is 0 Å². The largest absolute Gasteiger partial charge is 0.382 e. The number of benzene rings is 2. The number of anilines is 1. The van der Waals surface area contributed by atoms with E-state index in [0.717, 1.165) is 84.0 Å². The standard InChI is InChI=1S/C27H28N8/c28-25-24-23(18-6-7-21-22(16-18)32-26(31-21)17-4-2-1-3-5-17)33-27(35(24)13-10-30-25)19-14-20(15-19)34-11-8-29-9-12-34/h1-7,10,13,16,19-20,29H,8-9,11-12,14-15H2,(H2,28,30)(H,31,32)/t19-,20+. The van der Waals surface area contributed by atoms with Gasteiger partial charge in [0, 0.05) is 61.7 Å². The van der Waals surface area contributed by atoms with Crippen LogP contribution in [0, 0.1) is 0 Å². The monoisotopic (exact) mass is 464 g/mol. The number of hydrogen-bond donors (Lipinski definition) is 3. The number of fused-ring (bicyclic) bond motifs is 2. The van der Waals surface area contributed by atoms with Crippen LogP contribution in [0.25, 0.3) is 39.2 Å². The number of nitrogens with two attached hydrogens (primary N) is 1. The molecule has 2 aliphatic rings. The summed E-state index contributed by atoms with van der Waals surface area (Å²) in [5.74, 6) is 2.88. The van der Waals surface area contributed by atoms with E-state index in [1.165, 1.54) is 0 Å². The summed E-state index contributed by atoms with van der Waals surface area (Å²) >= 11 is 0. The van der Waals surface area contributed by atoms with Crippen molar-refractivity contribution in [1.82, 2.24) is 34.6 Å². The zero-order valence-electron chi connectivity index (χ0n) is 19.5. The van der Waals surface area contributed by atoms with Gasteiger partial charge in [0.05, 0.1) is 11.0 Å². The molecule has 1 aliphatic carbocycles. The van der Waals surface area contributed by atoms with Gasteiger partial charge in [-0.1, -0.05) is 36.4 Å². The summed E-state index contributed by atoms with van der Waals surface area (Å²) < 4.78 is 2.15. The third-order valence-electron chi connectivity index (χ3n) is 7.56. The number of nitrogens with zero attached hydrogens (tertiary/aromatic N) is 5. The molecule has 3 aromatic heterocycles. The molecular weight excluding hydrogens is 436 g/mol. The lowest BCUT2D eigenvalue weighted by atomic mass is 9.78. The summed E-state index contributed by atoms with van der Waals surface area (Å²) in [6.07, 6.45) is 6.04. The number of nitrogen functional groups attached to an aromatic ring is 1.